The minimum Gasteiger partial charge on any atom is -0.481 e. The number of nitrogens with zero attached hydrogens (tertiary/aromatic N) is 3. The van der Waals surface area contributed by atoms with E-state index in [-0.39, 0.29) is 48.7 Å². The summed E-state index contributed by atoms with van der Waals surface area (Å²) >= 11 is 0. The van der Waals surface area contributed by atoms with Crippen LogP contribution in [0.3, 0.4) is 0 Å². The van der Waals surface area contributed by atoms with Crippen LogP contribution in [-0.2, 0) is 16.6 Å². The highest BCUT2D eigenvalue weighted by molar-refractivity contribution is 6.09. The van der Waals surface area contributed by atoms with Crippen molar-refractivity contribution in [3.63, 3.8) is 0 Å². The van der Waals surface area contributed by atoms with E-state index < -0.39 is 5.97 Å². The highest BCUT2D eigenvalue weighted by atomic mass is 16.4. The van der Waals surface area contributed by atoms with Crippen molar-refractivity contribution in [2.45, 2.75) is 63.1 Å². The fraction of sp³-hybridized carbons (Fsp3) is 0.414. The van der Waals surface area contributed by atoms with Crippen molar-refractivity contribution in [1.82, 2.24) is 9.47 Å². The Morgan fingerprint density at radius 1 is 0.972 bits per heavy atom. The Balaban J connectivity index is 1.43. The zero-order valence-corrected chi connectivity index (χ0v) is 20.5. The van der Waals surface area contributed by atoms with Crippen LogP contribution in [0.15, 0.2) is 54.6 Å². The number of aliphatic carboxylic acids is 1. The zero-order chi connectivity index (χ0) is 25.0. The first-order valence-corrected chi connectivity index (χ1v) is 13.0. The highest BCUT2D eigenvalue weighted by Gasteiger charge is 2.51. The van der Waals surface area contributed by atoms with E-state index in [2.05, 4.69) is 6.07 Å². The van der Waals surface area contributed by atoms with E-state index in [4.69, 9.17) is 0 Å². The minimum atomic E-state index is -0.950. The molecule has 7 nitrogen and oxygen atoms in total. The fourth-order valence-electron chi connectivity index (χ4n) is 6.54. The van der Waals surface area contributed by atoms with Crippen LogP contribution in [0.4, 0.5) is 5.69 Å². The van der Waals surface area contributed by atoms with Gasteiger partial charge in [0.05, 0.1) is 12.5 Å². The second-order valence-corrected chi connectivity index (χ2v) is 10.4. The molecule has 3 aromatic rings. The van der Waals surface area contributed by atoms with Gasteiger partial charge in [0, 0.05) is 48.1 Å². The van der Waals surface area contributed by atoms with Gasteiger partial charge in [0.2, 0.25) is 5.91 Å². The van der Waals surface area contributed by atoms with Crippen molar-refractivity contribution in [3.05, 3.63) is 65.9 Å². The van der Waals surface area contributed by atoms with Crippen LogP contribution in [-0.4, -0.2) is 44.4 Å². The van der Waals surface area contributed by atoms with Crippen LogP contribution >= 0.6 is 0 Å². The highest BCUT2D eigenvalue weighted by Crippen LogP contribution is 2.53. The molecule has 2 aromatic carbocycles. The van der Waals surface area contributed by atoms with E-state index in [1.165, 1.54) is 0 Å². The van der Waals surface area contributed by atoms with Gasteiger partial charge in [0.1, 0.15) is 5.69 Å². The predicted molar refractivity (Wildman–Crippen MR) is 137 cm³/mol. The molecule has 6 rings (SSSR count). The Bertz CT molecular complexity index is 1360. The molecule has 1 N–H and O–H groups in total. The standard InChI is InChI=1S/C29H31N3O4/c1-30-22-10-4-2-7-18(22)17-25(30)29(36)32-23-11-5-3-8-20(23)28(21-9-6-12-24(21)32)31(19-13-14-19)26(33)15-16-27(34)35/h2-5,7-8,10-11,17,19,21,24,28H,6,9,12-16H2,1H3,(H,34,35)/t21-,24+,28-/m0/s1. The van der Waals surface area contributed by atoms with Gasteiger partial charge in [-0.05, 0) is 49.4 Å². The van der Waals surface area contributed by atoms with E-state index in [0.29, 0.717) is 5.69 Å². The average molecular weight is 486 g/mol. The predicted octanol–water partition coefficient (Wildman–Crippen LogP) is 4.90. The van der Waals surface area contributed by atoms with Crippen LogP contribution in [0.25, 0.3) is 10.9 Å². The number of rotatable bonds is 6. The number of fused-ring (bicyclic) bond motifs is 3. The average Bonchev–Trinajstić information content (AvgIpc) is 3.50. The number of benzene rings is 2. The number of carboxylic acid groups (broad SMARTS) is 1. The van der Waals surface area contributed by atoms with Crippen LogP contribution in [0.2, 0.25) is 0 Å². The van der Waals surface area contributed by atoms with E-state index in [0.717, 1.165) is 54.3 Å². The summed E-state index contributed by atoms with van der Waals surface area (Å²) in [6.07, 6.45) is 4.60. The summed E-state index contributed by atoms with van der Waals surface area (Å²) in [6, 6.07) is 18.0. The van der Waals surface area contributed by atoms with Crippen molar-refractivity contribution in [3.8, 4) is 0 Å². The zero-order valence-electron chi connectivity index (χ0n) is 20.5. The number of amides is 2. The van der Waals surface area contributed by atoms with Gasteiger partial charge in [-0.2, -0.15) is 0 Å². The molecule has 0 bridgehead atoms. The molecule has 1 aromatic heterocycles. The second kappa shape index (κ2) is 8.80. The first-order chi connectivity index (χ1) is 17.5. The number of aryl methyl sites for hydroxylation is 1. The summed E-state index contributed by atoms with van der Waals surface area (Å²) in [5.74, 6) is -0.910. The van der Waals surface area contributed by atoms with Gasteiger partial charge < -0.3 is 19.5 Å². The minimum absolute atomic E-state index is 0.00364. The monoisotopic (exact) mass is 485 g/mol. The number of hydrogen-bond acceptors (Lipinski definition) is 3. The number of carboxylic acids is 1. The SMILES string of the molecule is Cn1c(C(=O)N2c3ccccc3[C@H](N(C(=O)CCC(=O)O)C3CC3)[C@H]3CCC[C@H]32)cc2ccccc21. The third-order valence-corrected chi connectivity index (χ3v) is 8.25. The summed E-state index contributed by atoms with van der Waals surface area (Å²) in [4.78, 5) is 42.8. The second-order valence-electron chi connectivity index (χ2n) is 10.4. The Kier molecular flexibility index (Phi) is 5.58. The molecule has 7 heteroatoms. The molecule has 36 heavy (non-hydrogen) atoms. The molecule has 0 unspecified atom stereocenters. The third kappa shape index (κ3) is 3.69. The van der Waals surface area contributed by atoms with Crippen molar-refractivity contribution >= 4 is 34.4 Å². The van der Waals surface area contributed by atoms with Crippen LogP contribution in [0.5, 0.6) is 0 Å². The maximum absolute atomic E-state index is 14.2. The van der Waals surface area contributed by atoms with E-state index in [1.54, 1.807) is 0 Å². The number of para-hydroxylation sites is 2. The summed E-state index contributed by atoms with van der Waals surface area (Å²) < 4.78 is 1.97. The molecule has 2 saturated carbocycles. The number of hydrogen-bond donors (Lipinski definition) is 1. The van der Waals surface area contributed by atoms with Crippen LogP contribution < -0.4 is 4.90 Å². The van der Waals surface area contributed by atoms with E-state index in [1.807, 2.05) is 69.9 Å². The summed E-state index contributed by atoms with van der Waals surface area (Å²) in [5.41, 5.74) is 3.56. The van der Waals surface area contributed by atoms with Crippen molar-refractivity contribution in [2.24, 2.45) is 13.0 Å². The lowest BCUT2D eigenvalue weighted by Gasteiger charge is -2.47. The summed E-state index contributed by atoms with van der Waals surface area (Å²) in [7, 11) is 1.94. The molecule has 0 saturated heterocycles. The number of carbonyl (C=O) groups is 3. The largest absolute Gasteiger partial charge is 0.481 e. The smallest absolute Gasteiger partial charge is 0.303 e. The van der Waals surface area contributed by atoms with Gasteiger partial charge >= 0.3 is 5.97 Å². The molecule has 0 radical (unpaired) electrons. The van der Waals surface area contributed by atoms with Crippen LogP contribution in [0.1, 0.15) is 67.0 Å². The summed E-state index contributed by atoms with van der Waals surface area (Å²) in [5, 5.41) is 10.2. The molecule has 2 amide bonds. The van der Waals surface area contributed by atoms with Crippen molar-refractivity contribution in [1.29, 1.82) is 0 Å². The van der Waals surface area contributed by atoms with Crippen molar-refractivity contribution in [2.75, 3.05) is 4.90 Å². The lowest BCUT2D eigenvalue weighted by molar-refractivity contribution is -0.142. The topological polar surface area (TPSA) is 82.9 Å². The van der Waals surface area contributed by atoms with Gasteiger partial charge in [-0.1, -0.05) is 42.8 Å². The third-order valence-electron chi connectivity index (χ3n) is 8.25. The maximum atomic E-state index is 14.2. The lowest BCUT2D eigenvalue weighted by atomic mass is 9.81. The first kappa shape index (κ1) is 22.8. The summed E-state index contributed by atoms with van der Waals surface area (Å²) in [6.45, 7) is 0. The Labute approximate surface area is 210 Å². The first-order valence-electron chi connectivity index (χ1n) is 13.0. The molecule has 2 fully saturated rings. The molecule has 2 heterocycles. The van der Waals surface area contributed by atoms with Gasteiger partial charge in [-0.15, -0.1) is 0 Å². The quantitative estimate of drug-likeness (QED) is 0.538. The molecular weight excluding hydrogens is 454 g/mol. The lowest BCUT2D eigenvalue weighted by Crippen LogP contribution is -2.53. The van der Waals surface area contributed by atoms with Crippen LogP contribution in [0, 0.1) is 5.92 Å². The molecule has 3 atom stereocenters. The van der Waals surface area contributed by atoms with E-state index >= 15 is 0 Å². The Morgan fingerprint density at radius 3 is 2.47 bits per heavy atom. The van der Waals surface area contributed by atoms with Gasteiger partial charge in [0.15, 0.2) is 0 Å². The molecule has 0 spiro atoms. The number of anilines is 1. The molecule has 3 aliphatic rings. The molecule has 186 valence electrons. The normalized spacial score (nSPS) is 22.8. The van der Waals surface area contributed by atoms with Gasteiger partial charge in [-0.3, -0.25) is 14.4 Å². The Hall–Kier alpha value is -3.61. The maximum Gasteiger partial charge on any atom is 0.303 e. The molecule has 1 aliphatic heterocycles. The van der Waals surface area contributed by atoms with Gasteiger partial charge in [0.25, 0.3) is 5.91 Å². The Morgan fingerprint density at radius 2 is 1.72 bits per heavy atom. The fourth-order valence-corrected chi connectivity index (χ4v) is 6.54. The van der Waals surface area contributed by atoms with E-state index in [9.17, 15) is 19.5 Å². The molecule has 2 aliphatic carbocycles. The number of aromatic nitrogens is 1. The van der Waals surface area contributed by atoms with Gasteiger partial charge in [-0.25, -0.2) is 0 Å². The molecular formula is C29H31N3O4. The number of carbonyl (C=O) groups excluding carboxylic acids is 2. The van der Waals surface area contributed by atoms with Crippen molar-refractivity contribution < 1.29 is 19.5 Å².